The van der Waals surface area contributed by atoms with Crippen molar-refractivity contribution < 1.29 is 24.3 Å². The standard InChI is InChI=1S/C34H46Br2N8O5.C6H7N/c1-41-14-16-42(17-15-41)32(47)28(8-4-5-11-37)38-31(46)29(20-22-18-25(35)30(45)26(36)19-22)40-33(48)43-12-9-24(10-13-43)44-21-23-6-2-3-7-27(23)39-34(44)49;1-6-2-4-7-5-3-6/h2-3,6-7,18-19,24,28-29,45H,4-5,8-17,20-21,37H2,1H3,(H,38,46)(H,39,49)(H,40,48);2-5H,1H3/t28-,29+;/m0./s1. The number of fused-ring (bicyclic) bond motifs is 1. The predicted molar refractivity (Wildman–Crippen MR) is 223 cm³/mol. The summed E-state index contributed by atoms with van der Waals surface area (Å²) in [7, 11) is 2.02. The summed E-state index contributed by atoms with van der Waals surface area (Å²) in [6.07, 6.45) is 6.72. The van der Waals surface area contributed by atoms with Crippen LogP contribution in [0.3, 0.4) is 0 Å². The maximum atomic E-state index is 14.0. The summed E-state index contributed by atoms with van der Waals surface area (Å²) in [5.74, 6) is -0.571. The molecule has 0 radical (unpaired) electrons. The number of hydrogen-bond donors (Lipinski definition) is 5. The van der Waals surface area contributed by atoms with Crippen LogP contribution in [-0.4, -0.2) is 125 Å². The molecule has 2 fully saturated rings. The Kier molecular flexibility index (Phi) is 15.9. The summed E-state index contributed by atoms with van der Waals surface area (Å²) in [5.41, 5.74) is 9.56. The molecule has 6 N–H and O–H groups in total. The van der Waals surface area contributed by atoms with Gasteiger partial charge in [-0.25, -0.2) is 9.59 Å². The molecule has 1 aromatic heterocycles. The van der Waals surface area contributed by atoms with Gasteiger partial charge in [-0.1, -0.05) is 18.2 Å². The lowest BCUT2D eigenvalue weighted by Gasteiger charge is -2.40. The molecule has 56 heavy (non-hydrogen) atoms. The summed E-state index contributed by atoms with van der Waals surface area (Å²) in [6, 6.07) is 12.8. The number of nitrogens with zero attached hydrogens (tertiary/aromatic N) is 5. The number of rotatable bonds is 11. The van der Waals surface area contributed by atoms with Gasteiger partial charge in [-0.15, -0.1) is 0 Å². The van der Waals surface area contributed by atoms with Gasteiger partial charge in [0.2, 0.25) is 11.8 Å². The van der Waals surface area contributed by atoms with Gasteiger partial charge < -0.3 is 46.4 Å². The Morgan fingerprint density at radius 1 is 0.929 bits per heavy atom. The minimum absolute atomic E-state index is 0.0280. The molecule has 6 rings (SSSR count). The highest BCUT2D eigenvalue weighted by molar-refractivity contribution is 9.11. The molecule has 2 aromatic carbocycles. The van der Waals surface area contributed by atoms with Gasteiger partial charge in [-0.05, 0) is 132 Å². The van der Waals surface area contributed by atoms with Gasteiger partial charge in [0.1, 0.15) is 17.8 Å². The Morgan fingerprint density at radius 2 is 1.59 bits per heavy atom. The normalized spacial score (nSPS) is 17.2. The first-order valence-electron chi connectivity index (χ1n) is 19.2. The summed E-state index contributed by atoms with van der Waals surface area (Å²) >= 11 is 6.72. The first-order chi connectivity index (χ1) is 26.9. The molecule has 0 bridgehead atoms. The van der Waals surface area contributed by atoms with Crippen molar-refractivity contribution in [3.63, 3.8) is 0 Å². The lowest BCUT2D eigenvalue weighted by Crippen LogP contribution is -2.59. The monoisotopic (exact) mass is 897 g/mol. The lowest BCUT2D eigenvalue weighted by molar-refractivity contribution is -0.138. The van der Waals surface area contributed by atoms with E-state index >= 15 is 0 Å². The number of amides is 6. The van der Waals surface area contributed by atoms with Crippen molar-refractivity contribution in [2.24, 2.45) is 5.73 Å². The molecule has 0 spiro atoms. The third-order valence-electron chi connectivity index (χ3n) is 10.4. The van der Waals surface area contributed by atoms with Crippen LogP contribution in [0.15, 0.2) is 69.9 Å². The lowest BCUT2D eigenvalue weighted by atomic mass is 10.0. The highest BCUT2D eigenvalue weighted by atomic mass is 79.9. The van der Waals surface area contributed by atoms with Crippen molar-refractivity contribution in [2.45, 2.75) is 70.1 Å². The van der Waals surface area contributed by atoms with Crippen molar-refractivity contribution in [3.05, 3.63) is 86.6 Å². The van der Waals surface area contributed by atoms with Crippen molar-refractivity contribution >= 4 is 61.4 Å². The number of anilines is 1. The maximum absolute atomic E-state index is 14.0. The molecule has 0 aliphatic carbocycles. The van der Waals surface area contributed by atoms with Crippen molar-refractivity contribution in [3.8, 4) is 5.75 Å². The van der Waals surface area contributed by atoms with Crippen LogP contribution in [0, 0.1) is 6.92 Å². The van der Waals surface area contributed by atoms with Crippen molar-refractivity contribution in [1.29, 1.82) is 0 Å². The summed E-state index contributed by atoms with van der Waals surface area (Å²) in [5, 5.41) is 19.1. The quantitative estimate of drug-likeness (QED) is 0.170. The number of aryl methyl sites for hydroxylation is 1. The first-order valence-corrected chi connectivity index (χ1v) is 20.7. The van der Waals surface area contributed by atoms with Crippen LogP contribution in [0.2, 0.25) is 0 Å². The van der Waals surface area contributed by atoms with Crippen LogP contribution in [0.1, 0.15) is 48.8 Å². The number of hydrogen-bond acceptors (Lipinski definition) is 8. The SMILES string of the molecule is CN1CCN(C(=O)[C@H](CCCCN)NC(=O)[C@@H](Cc2cc(Br)c(O)c(Br)c2)NC(=O)N2CCC(N3Cc4ccccc4NC3=O)CC2)CC1.Cc1ccncc1. The van der Waals surface area contributed by atoms with Gasteiger partial charge in [-0.2, -0.15) is 0 Å². The number of halogens is 2. The number of pyridine rings is 1. The number of nitrogens with one attached hydrogen (secondary N) is 3. The number of piperazine rings is 1. The van der Waals surface area contributed by atoms with E-state index in [4.69, 9.17) is 5.73 Å². The molecule has 0 unspecified atom stereocenters. The van der Waals surface area contributed by atoms with E-state index in [2.05, 4.69) is 57.7 Å². The number of aromatic hydroxyl groups is 1. The van der Waals surface area contributed by atoms with Crippen LogP contribution in [0.4, 0.5) is 15.3 Å². The number of carbonyl (C=O) groups is 4. The van der Waals surface area contributed by atoms with Crippen LogP contribution in [-0.2, 0) is 22.6 Å². The van der Waals surface area contributed by atoms with Gasteiger partial charge in [0.05, 0.1) is 8.95 Å². The molecule has 16 heteroatoms. The third kappa shape index (κ3) is 11.9. The highest BCUT2D eigenvalue weighted by Gasteiger charge is 2.35. The van der Waals surface area contributed by atoms with Crippen LogP contribution in [0.5, 0.6) is 5.75 Å². The molecule has 6 amide bonds. The second kappa shape index (κ2) is 20.8. The number of phenols is 1. The van der Waals surface area contributed by atoms with Crippen LogP contribution < -0.4 is 21.7 Å². The predicted octanol–water partition coefficient (Wildman–Crippen LogP) is 4.83. The molecule has 2 saturated heterocycles. The zero-order valence-electron chi connectivity index (χ0n) is 32.1. The number of benzene rings is 2. The molecule has 0 saturated carbocycles. The molecule has 302 valence electrons. The molecule has 3 aliphatic heterocycles. The number of piperidine rings is 1. The van der Waals surface area contributed by atoms with E-state index in [1.54, 1.807) is 34.3 Å². The molecule has 14 nitrogen and oxygen atoms in total. The third-order valence-corrected chi connectivity index (χ3v) is 11.6. The number of phenolic OH excluding ortho intramolecular Hbond substituents is 1. The fourth-order valence-electron chi connectivity index (χ4n) is 7.02. The number of likely N-dealkylation sites (tertiary alicyclic amines) is 1. The average Bonchev–Trinajstić information content (AvgIpc) is 3.19. The minimum atomic E-state index is -1.00. The number of carbonyl (C=O) groups excluding carboxylic acids is 4. The number of aromatic nitrogens is 1. The Bertz CT molecular complexity index is 1780. The molecular formula is C40H53Br2N9O5. The number of likely N-dealkylation sites (N-methyl/N-ethyl adjacent to an activating group) is 1. The van der Waals surface area contributed by atoms with Gasteiger partial charge in [0.15, 0.2) is 0 Å². The van der Waals surface area contributed by atoms with E-state index in [-0.39, 0.29) is 30.2 Å². The smallest absolute Gasteiger partial charge is 0.322 e. The summed E-state index contributed by atoms with van der Waals surface area (Å²) in [6.45, 7) is 6.53. The first kappa shape index (κ1) is 42.9. The van der Waals surface area contributed by atoms with Crippen molar-refractivity contribution in [2.75, 3.05) is 58.2 Å². The Hall–Kier alpha value is -4.25. The molecular weight excluding hydrogens is 846 g/mol. The van der Waals surface area contributed by atoms with E-state index in [1.807, 2.05) is 55.3 Å². The fourth-order valence-corrected chi connectivity index (χ4v) is 8.30. The average molecular weight is 900 g/mol. The van der Waals surface area contributed by atoms with Crippen LogP contribution >= 0.6 is 31.9 Å². The number of nitrogens with two attached hydrogens (primary N) is 1. The molecule has 4 heterocycles. The van der Waals surface area contributed by atoms with Crippen LogP contribution in [0.25, 0.3) is 0 Å². The van der Waals surface area contributed by atoms with E-state index in [1.165, 1.54) is 5.56 Å². The number of unbranched alkanes of at least 4 members (excludes halogenated alkanes) is 1. The Morgan fingerprint density at radius 3 is 2.21 bits per heavy atom. The summed E-state index contributed by atoms with van der Waals surface area (Å²) in [4.78, 5) is 65.6. The van der Waals surface area contributed by atoms with E-state index in [0.717, 1.165) is 30.8 Å². The molecule has 3 aromatic rings. The van der Waals surface area contributed by atoms with E-state index in [9.17, 15) is 24.3 Å². The van der Waals surface area contributed by atoms with Gasteiger partial charge >= 0.3 is 12.1 Å². The second-order valence-electron chi connectivity index (χ2n) is 14.5. The van der Waals surface area contributed by atoms with Gasteiger partial charge in [0, 0.05) is 76.4 Å². The minimum Gasteiger partial charge on any atom is -0.506 e. The Labute approximate surface area is 345 Å². The number of para-hydroxylation sites is 1. The highest BCUT2D eigenvalue weighted by Crippen LogP contribution is 2.34. The van der Waals surface area contributed by atoms with E-state index < -0.39 is 24.0 Å². The van der Waals surface area contributed by atoms with Crippen molar-refractivity contribution in [1.82, 2.24) is 35.2 Å². The topological polar surface area (TPSA) is 176 Å². The second-order valence-corrected chi connectivity index (χ2v) is 16.3. The van der Waals surface area contributed by atoms with Gasteiger partial charge in [-0.3, -0.25) is 14.6 Å². The number of urea groups is 2. The fraction of sp³-hybridized carbons (Fsp3) is 0.475. The Balaban J connectivity index is 0.000000771. The molecule has 2 atom stereocenters. The van der Waals surface area contributed by atoms with Gasteiger partial charge in [0.25, 0.3) is 0 Å². The largest absolute Gasteiger partial charge is 0.506 e. The molecule has 3 aliphatic rings. The maximum Gasteiger partial charge on any atom is 0.322 e. The van der Waals surface area contributed by atoms with E-state index in [0.29, 0.717) is 79.5 Å². The summed E-state index contributed by atoms with van der Waals surface area (Å²) < 4.78 is 0.887. The zero-order valence-corrected chi connectivity index (χ0v) is 35.2. The zero-order chi connectivity index (χ0) is 40.2.